The highest BCUT2D eigenvalue weighted by Crippen LogP contribution is 2.22. The van der Waals surface area contributed by atoms with Crippen molar-refractivity contribution in [1.29, 1.82) is 0 Å². The average molecular weight is 471 g/mol. The second-order valence-electron chi connectivity index (χ2n) is 8.29. The molecule has 0 unspecified atom stereocenters. The lowest BCUT2D eigenvalue weighted by atomic mass is 10.1. The van der Waals surface area contributed by atoms with E-state index in [4.69, 9.17) is 0 Å². The van der Waals surface area contributed by atoms with Crippen LogP contribution in [-0.2, 0) is 12.1 Å². The number of nitrogens with one attached hydrogen (secondary N) is 1. The third-order valence-corrected chi connectivity index (χ3v) is 4.94. The SMILES string of the molecule is C=CCn1c(=O)c2cnc(Nc3cnn(C(C)C)c3)nc2n1-c1cccc(C(C)(C)O)n1.Cl. The average Bonchev–Trinajstić information content (AvgIpc) is 3.31. The molecule has 0 aliphatic heterocycles. The predicted molar refractivity (Wildman–Crippen MR) is 130 cm³/mol. The third-order valence-electron chi connectivity index (χ3n) is 4.94. The van der Waals surface area contributed by atoms with E-state index < -0.39 is 5.60 Å². The Hall–Kier alpha value is -3.50. The number of aromatic nitrogens is 7. The summed E-state index contributed by atoms with van der Waals surface area (Å²) in [7, 11) is 0. The molecule has 0 spiro atoms. The Balaban J connectivity index is 0.00000306. The summed E-state index contributed by atoms with van der Waals surface area (Å²) >= 11 is 0. The molecule has 4 heterocycles. The second kappa shape index (κ2) is 9.16. The zero-order chi connectivity index (χ0) is 23.0. The van der Waals surface area contributed by atoms with Gasteiger partial charge in [0.1, 0.15) is 11.0 Å². The normalized spacial score (nSPS) is 11.6. The van der Waals surface area contributed by atoms with Crippen molar-refractivity contribution in [2.24, 2.45) is 0 Å². The standard InChI is InChI=1S/C22H26N8O2.ClH/c1-6-10-29-20(31)16-12-23-21(25-15-11-24-28(13-15)14(2)3)27-19(16)30(29)18-9-7-8-17(26-18)22(4,5)32;/h6-9,11-14,32H,1,10H2,2-5H3,(H,23,25,27);1H. The van der Waals surface area contributed by atoms with Gasteiger partial charge in [0, 0.05) is 18.4 Å². The number of fused-ring (bicyclic) bond motifs is 1. The van der Waals surface area contributed by atoms with Gasteiger partial charge in [0.2, 0.25) is 5.95 Å². The molecule has 0 radical (unpaired) electrons. The maximum absolute atomic E-state index is 13.0. The van der Waals surface area contributed by atoms with Gasteiger partial charge in [-0.3, -0.25) is 9.48 Å². The van der Waals surface area contributed by atoms with Crippen molar-refractivity contribution in [1.82, 2.24) is 34.1 Å². The number of pyridine rings is 1. The Morgan fingerprint density at radius 3 is 2.64 bits per heavy atom. The fourth-order valence-electron chi connectivity index (χ4n) is 3.30. The van der Waals surface area contributed by atoms with Gasteiger partial charge in [-0.05, 0) is 39.8 Å². The van der Waals surface area contributed by atoms with Crippen LogP contribution >= 0.6 is 12.4 Å². The smallest absolute Gasteiger partial charge is 0.278 e. The van der Waals surface area contributed by atoms with Crippen LogP contribution in [0.15, 0.2) is 54.2 Å². The van der Waals surface area contributed by atoms with E-state index in [1.165, 1.54) is 10.9 Å². The zero-order valence-electron chi connectivity index (χ0n) is 18.9. The van der Waals surface area contributed by atoms with Gasteiger partial charge in [-0.1, -0.05) is 12.1 Å². The number of aliphatic hydroxyl groups is 1. The molecule has 4 aromatic heterocycles. The van der Waals surface area contributed by atoms with Crippen molar-refractivity contribution in [2.75, 3.05) is 5.32 Å². The molecule has 0 atom stereocenters. The van der Waals surface area contributed by atoms with Gasteiger partial charge < -0.3 is 10.4 Å². The van der Waals surface area contributed by atoms with E-state index in [0.717, 1.165) is 5.69 Å². The Labute approximate surface area is 197 Å². The highest BCUT2D eigenvalue weighted by molar-refractivity contribution is 5.85. The molecular formula is C22H27ClN8O2. The summed E-state index contributed by atoms with van der Waals surface area (Å²) in [5.74, 6) is 0.778. The molecule has 11 heteroatoms. The van der Waals surface area contributed by atoms with Crippen LogP contribution in [0, 0.1) is 0 Å². The van der Waals surface area contributed by atoms with E-state index in [9.17, 15) is 9.90 Å². The topological polar surface area (TPSA) is 116 Å². The zero-order valence-corrected chi connectivity index (χ0v) is 19.7. The van der Waals surface area contributed by atoms with Crippen LogP contribution in [-0.4, -0.2) is 39.2 Å². The number of nitrogens with zero attached hydrogens (tertiary/aromatic N) is 7. The van der Waals surface area contributed by atoms with Gasteiger partial charge >= 0.3 is 0 Å². The van der Waals surface area contributed by atoms with E-state index in [0.29, 0.717) is 28.5 Å². The molecule has 0 saturated carbocycles. The van der Waals surface area contributed by atoms with E-state index in [1.54, 1.807) is 49.0 Å². The van der Waals surface area contributed by atoms with Crippen molar-refractivity contribution in [3.05, 3.63) is 65.5 Å². The maximum Gasteiger partial charge on any atom is 0.278 e. The van der Waals surface area contributed by atoms with Gasteiger partial charge in [-0.15, -0.1) is 19.0 Å². The van der Waals surface area contributed by atoms with E-state index in [2.05, 4.69) is 31.9 Å². The van der Waals surface area contributed by atoms with E-state index >= 15 is 0 Å². The molecule has 0 aliphatic rings. The molecule has 2 N–H and O–H groups in total. The van der Waals surface area contributed by atoms with Gasteiger partial charge in [-0.25, -0.2) is 19.3 Å². The molecule has 0 saturated heterocycles. The summed E-state index contributed by atoms with van der Waals surface area (Å²) in [6, 6.07) is 5.50. The predicted octanol–water partition coefficient (Wildman–Crippen LogP) is 3.33. The first-order valence-corrected chi connectivity index (χ1v) is 10.3. The van der Waals surface area contributed by atoms with Gasteiger partial charge in [-0.2, -0.15) is 10.1 Å². The van der Waals surface area contributed by atoms with Crippen LogP contribution < -0.4 is 10.9 Å². The van der Waals surface area contributed by atoms with Crippen LogP contribution in [0.2, 0.25) is 0 Å². The van der Waals surface area contributed by atoms with Crippen LogP contribution in [0.25, 0.3) is 16.9 Å². The number of hydrogen-bond donors (Lipinski definition) is 2. The lowest BCUT2D eigenvalue weighted by Gasteiger charge is -2.18. The Kier molecular flexibility index (Phi) is 6.71. The molecule has 4 rings (SSSR count). The molecule has 0 aromatic carbocycles. The summed E-state index contributed by atoms with van der Waals surface area (Å²) in [5, 5.41) is 18.2. The first-order chi connectivity index (χ1) is 15.2. The maximum atomic E-state index is 13.0. The van der Waals surface area contributed by atoms with Gasteiger partial charge in [0.15, 0.2) is 11.5 Å². The third kappa shape index (κ3) is 4.67. The Bertz CT molecular complexity index is 1350. The van der Waals surface area contributed by atoms with Crippen LogP contribution in [0.1, 0.15) is 39.4 Å². The summed E-state index contributed by atoms with van der Waals surface area (Å²) in [4.78, 5) is 26.5. The van der Waals surface area contributed by atoms with Gasteiger partial charge in [0.05, 0.1) is 24.1 Å². The van der Waals surface area contributed by atoms with Crippen LogP contribution in [0.5, 0.6) is 0 Å². The van der Waals surface area contributed by atoms with Crippen molar-refractivity contribution in [3.8, 4) is 5.82 Å². The number of halogens is 1. The summed E-state index contributed by atoms with van der Waals surface area (Å²) in [6.45, 7) is 11.4. The number of hydrogen-bond acceptors (Lipinski definition) is 7. The molecule has 0 bridgehead atoms. The van der Waals surface area contributed by atoms with Crippen LogP contribution in [0.3, 0.4) is 0 Å². The van der Waals surface area contributed by atoms with Crippen molar-refractivity contribution in [2.45, 2.75) is 45.9 Å². The number of rotatable bonds is 7. The molecular weight excluding hydrogens is 444 g/mol. The quantitative estimate of drug-likeness (QED) is 0.398. The number of anilines is 2. The fraction of sp³-hybridized carbons (Fsp3) is 0.318. The van der Waals surface area contributed by atoms with Crippen molar-refractivity contribution < 1.29 is 5.11 Å². The second-order valence-corrected chi connectivity index (χ2v) is 8.29. The lowest BCUT2D eigenvalue weighted by Crippen LogP contribution is -2.23. The van der Waals surface area contributed by atoms with Gasteiger partial charge in [0.25, 0.3) is 5.56 Å². The van der Waals surface area contributed by atoms with Crippen molar-refractivity contribution >= 4 is 35.1 Å². The van der Waals surface area contributed by atoms with E-state index in [-0.39, 0.29) is 30.6 Å². The largest absolute Gasteiger partial charge is 0.384 e. The number of allylic oxidation sites excluding steroid dienone is 1. The molecule has 4 aromatic rings. The summed E-state index contributed by atoms with van der Waals surface area (Å²) < 4.78 is 4.94. The highest BCUT2D eigenvalue weighted by Gasteiger charge is 2.21. The highest BCUT2D eigenvalue weighted by atomic mass is 35.5. The minimum atomic E-state index is -1.14. The summed E-state index contributed by atoms with van der Waals surface area (Å²) in [6.07, 6.45) is 6.68. The Morgan fingerprint density at radius 1 is 1.24 bits per heavy atom. The van der Waals surface area contributed by atoms with Crippen molar-refractivity contribution in [3.63, 3.8) is 0 Å². The Morgan fingerprint density at radius 2 is 2.00 bits per heavy atom. The molecule has 174 valence electrons. The molecule has 10 nitrogen and oxygen atoms in total. The molecule has 0 aliphatic carbocycles. The minimum absolute atomic E-state index is 0. The monoisotopic (exact) mass is 470 g/mol. The molecule has 33 heavy (non-hydrogen) atoms. The lowest BCUT2D eigenvalue weighted by molar-refractivity contribution is 0.0738. The summed E-state index contributed by atoms with van der Waals surface area (Å²) in [5.41, 5.74) is 0.212. The minimum Gasteiger partial charge on any atom is -0.384 e. The molecule has 0 fully saturated rings. The first-order valence-electron chi connectivity index (χ1n) is 10.3. The first kappa shape index (κ1) is 24.1. The molecule has 0 amide bonds. The fourth-order valence-corrected chi connectivity index (χ4v) is 3.30. The van der Waals surface area contributed by atoms with Crippen LogP contribution in [0.4, 0.5) is 11.6 Å². The van der Waals surface area contributed by atoms with E-state index in [1.807, 2.05) is 24.7 Å².